The van der Waals surface area contributed by atoms with E-state index in [1.54, 1.807) is 0 Å². The van der Waals surface area contributed by atoms with E-state index in [1.807, 2.05) is 36.4 Å². The molecule has 1 unspecified atom stereocenters. The largest absolute Gasteiger partial charge is 0.481 e. The molecule has 0 radical (unpaired) electrons. The smallest absolute Gasteiger partial charge is 0.411 e. The highest BCUT2D eigenvalue weighted by Crippen LogP contribution is 2.44. The van der Waals surface area contributed by atoms with Crippen LogP contribution in [0.5, 0.6) is 0 Å². The summed E-state index contributed by atoms with van der Waals surface area (Å²) in [5.41, 5.74) is 4.92. The van der Waals surface area contributed by atoms with E-state index in [4.69, 9.17) is 21.4 Å². The summed E-state index contributed by atoms with van der Waals surface area (Å²) >= 11 is 6.23. The maximum absolute atomic E-state index is 12.5. The fraction of sp³-hybridized carbons (Fsp3) is 0.192. The van der Waals surface area contributed by atoms with Crippen LogP contribution in [-0.2, 0) is 9.53 Å². The molecule has 3 aromatic rings. The molecule has 9 heteroatoms. The number of carboxylic acids is 1. The van der Waals surface area contributed by atoms with Crippen LogP contribution in [0.1, 0.15) is 33.8 Å². The number of aliphatic carboxylic acids is 1. The van der Waals surface area contributed by atoms with Crippen molar-refractivity contribution >= 4 is 35.3 Å². The van der Waals surface area contributed by atoms with E-state index in [1.165, 1.54) is 18.2 Å². The SMILES string of the molecule is O=C(O)CC(O)CNC(=O)c1ccc(NC(=O)OCC2c3ccccc3-c3ccccc32)c(Cl)c1. The predicted molar refractivity (Wildman–Crippen MR) is 131 cm³/mol. The summed E-state index contributed by atoms with van der Waals surface area (Å²) in [6.45, 7) is -0.0703. The minimum atomic E-state index is -1.21. The number of ether oxygens (including phenoxy) is 1. The van der Waals surface area contributed by atoms with E-state index in [-0.39, 0.29) is 35.3 Å². The zero-order chi connectivity index (χ0) is 24.9. The number of carbonyl (C=O) groups is 3. The van der Waals surface area contributed by atoms with Gasteiger partial charge in [0.05, 0.1) is 23.2 Å². The lowest BCUT2D eigenvalue weighted by Crippen LogP contribution is -2.33. The molecule has 1 atom stereocenters. The van der Waals surface area contributed by atoms with E-state index in [2.05, 4.69) is 22.8 Å². The molecule has 35 heavy (non-hydrogen) atoms. The normalized spacial score (nSPS) is 12.9. The number of benzene rings is 3. The van der Waals surface area contributed by atoms with E-state index >= 15 is 0 Å². The van der Waals surface area contributed by atoms with Crippen molar-refractivity contribution in [3.63, 3.8) is 0 Å². The Balaban J connectivity index is 1.35. The Morgan fingerprint density at radius 2 is 1.60 bits per heavy atom. The fourth-order valence-electron chi connectivity index (χ4n) is 4.09. The van der Waals surface area contributed by atoms with Gasteiger partial charge in [-0.3, -0.25) is 14.9 Å². The van der Waals surface area contributed by atoms with Gasteiger partial charge in [-0.25, -0.2) is 4.79 Å². The second-order valence-electron chi connectivity index (χ2n) is 8.11. The Bertz CT molecular complexity index is 1230. The van der Waals surface area contributed by atoms with E-state index in [0.29, 0.717) is 0 Å². The number of amides is 2. The first kappa shape index (κ1) is 24.3. The van der Waals surface area contributed by atoms with Gasteiger partial charge >= 0.3 is 12.1 Å². The van der Waals surface area contributed by atoms with Gasteiger partial charge in [0.1, 0.15) is 6.61 Å². The predicted octanol–water partition coefficient (Wildman–Crippen LogP) is 4.27. The average molecular weight is 495 g/mol. The van der Waals surface area contributed by atoms with E-state index in [9.17, 15) is 19.5 Å². The van der Waals surface area contributed by atoms with Crippen molar-refractivity contribution in [1.82, 2.24) is 5.32 Å². The molecule has 0 fully saturated rings. The summed E-state index contributed by atoms with van der Waals surface area (Å²) in [5.74, 6) is -1.78. The standard InChI is InChI=1S/C26H23ClN2O6/c27-22-11-15(25(33)28-13-16(30)12-24(31)32)9-10-23(22)29-26(34)35-14-21-19-7-3-1-5-17(19)18-6-2-4-8-20(18)21/h1-11,16,21,30H,12-14H2,(H,28,33)(H,29,34)(H,31,32). The number of aliphatic hydroxyl groups excluding tert-OH is 1. The van der Waals surface area contributed by atoms with Crippen molar-refractivity contribution < 1.29 is 29.3 Å². The van der Waals surface area contributed by atoms with Gasteiger partial charge in [-0.2, -0.15) is 0 Å². The topological polar surface area (TPSA) is 125 Å². The van der Waals surface area contributed by atoms with Crippen LogP contribution >= 0.6 is 11.6 Å². The number of rotatable bonds is 8. The molecular formula is C26H23ClN2O6. The highest BCUT2D eigenvalue weighted by atomic mass is 35.5. The second kappa shape index (κ2) is 10.6. The molecule has 0 saturated heterocycles. The van der Waals surface area contributed by atoms with Crippen LogP contribution in [-0.4, -0.2) is 47.4 Å². The van der Waals surface area contributed by atoms with Crippen molar-refractivity contribution in [2.75, 3.05) is 18.5 Å². The van der Waals surface area contributed by atoms with Gasteiger partial charge in [0.25, 0.3) is 5.91 Å². The number of carboxylic acid groups (broad SMARTS) is 1. The number of hydrogen-bond donors (Lipinski definition) is 4. The van der Waals surface area contributed by atoms with Gasteiger partial charge in [-0.1, -0.05) is 60.1 Å². The third kappa shape index (κ3) is 5.62. The summed E-state index contributed by atoms with van der Waals surface area (Å²) in [7, 11) is 0. The van der Waals surface area contributed by atoms with Crippen molar-refractivity contribution in [2.24, 2.45) is 0 Å². The maximum Gasteiger partial charge on any atom is 0.411 e. The molecule has 1 aliphatic carbocycles. The van der Waals surface area contributed by atoms with E-state index < -0.39 is 30.5 Å². The van der Waals surface area contributed by atoms with Crippen LogP contribution in [0.25, 0.3) is 11.1 Å². The number of aliphatic hydroxyl groups is 1. The van der Waals surface area contributed by atoms with Crippen LogP contribution in [0.4, 0.5) is 10.5 Å². The molecule has 1 aliphatic rings. The summed E-state index contributed by atoms with van der Waals surface area (Å²) in [6, 6.07) is 20.3. The minimum Gasteiger partial charge on any atom is -0.481 e. The molecule has 4 N–H and O–H groups in total. The maximum atomic E-state index is 12.5. The Kier molecular flexibility index (Phi) is 7.33. The third-order valence-electron chi connectivity index (χ3n) is 5.72. The molecule has 4 rings (SSSR count). The van der Waals surface area contributed by atoms with Crippen LogP contribution in [0.3, 0.4) is 0 Å². The minimum absolute atomic E-state index is 0.0776. The van der Waals surface area contributed by atoms with Crippen LogP contribution in [0, 0.1) is 0 Å². The third-order valence-corrected chi connectivity index (χ3v) is 6.03. The quantitative estimate of drug-likeness (QED) is 0.370. The molecule has 180 valence electrons. The highest BCUT2D eigenvalue weighted by molar-refractivity contribution is 6.34. The van der Waals surface area contributed by atoms with Crippen molar-refractivity contribution in [3.8, 4) is 11.1 Å². The molecule has 0 aromatic heterocycles. The van der Waals surface area contributed by atoms with Crippen molar-refractivity contribution in [2.45, 2.75) is 18.4 Å². The number of anilines is 1. The van der Waals surface area contributed by atoms with Gasteiger partial charge in [-0.15, -0.1) is 0 Å². The van der Waals surface area contributed by atoms with Crippen molar-refractivity contribution in [3.05, 3.63) is 88.4 Å². The lowest BCUT2D eigenvalue weighted by atomic mass is 9.98. The fourth-order valence-corrected chi connectivity index (χ4v) is 4.32. The lowest BCUT2D eigenvalue weighted by Gasteiger charge is -2.15. The Labute approximate surface area is 206 Å². The van der Waals surface area contributed by atoms with Crippen LogP contribution < -0.4 is 10.6 Å². The Morgan fingerprint density at radius 1 is 0.971 bits per heavy atom. The molecule has 0 aliphatic heterocycles. The summed E-state index contributed by atoms with van der Waals surface area (Å²) in [6.07, 6.45) is -2.37. The first-order chi connectivity index (χ1) is 16.8. The van der Waals surface area contributed by atoms with Gasteiger partial charge < -0.3 is 20.3 Å². The number of fused-ring (bicyclic) bond motifs is 3. The molecule has 8 nitrogen and oxygen atoms in total. The molecule has 0 bridgehead atoms. The molecule has 0 spiro atoms. The molecule has 0 heterocycles. The zero-order valence-corrected chi connectivity index (χ0v) is 19.3. The van der Waals surface area contributed by atoms with E-state index in [0.717, 1.165) is 22.3 Å². The highest BCUT2D eigenvalue weighted by Gasteiger charge is 2.29. The zero-order valence-electron chi connectivity index (χ0n) is 18.5. The summed E-state index contributed by atoms with van der Waals surface area (Å²) < 4.78 is 5.51. The van der Waals surface area contributed by atoms with Crippen molar-refractivity contribution in [1.29, 1.82) is 0 Å². The molecule has 2 amide bonds. The number of halogens is 1. The molecule has 3 aromatic carbocycles. The molecule has 0 saturated carbocycles. The monoisotopic (exact) mass is 494 g/mol. The number of hydrogen-bond acceptors (Lipinski definition) is 5. The van der Waals surface area contributed by atoms with Crippen LogP contribution in [0.15, 0.2) is 66.7 Å². The number of nitrogens with one attached hydrogen (secondary N) is 2. The summed E-state index contributed by atoms with van der Waals surface area (Å²) in [4.78, 5) is 35.3. The second-order valence-corrected chi connectivity index (χ2v) is 8.51. The molecular weight excluding hydrogens is 472 g/mol. The van der Waals surface area contributed by atoms with Crippen LogP contribution in [0.2, 0.25) is 5.02 Å². The van der Waals surface area contributed by atoms with Gasteiger partial charge in [0.2, 0.25) is 0 Å². The first-order valence-corrected chi connectivity index (χ1v) is 11.3. The Hall–Kier alpha value is -3.88. The average Bonchev–Trinajstić information content (AvgIpc) is 3.16. The Morgan fingerprint density at radius 3 is 2.20 bits per heavy atom. The van der Waals surface area contributed by atoms with Gasteiger partial charge in [0.15, 0.2) is 0 Å². The van der Waals surface area contributed by atoms with Gasteiger partial charge in [0, 0.05) is 18.0 Å². The summed E-state index contributed by atoms with van der Waals surface area (Å²) in [5, 5.41) is 23.4. The first-order valence-electron chi connectivity index (χ1n) is 10.9. The number of carbonyl (C=O) groups excluding carboxylic acids is 2. The lowest BCUT2D eigenvalue weighted by molar-refractivity contribution is -0.139. The van der Waals surface area contributed by atoms with Gasteiger partial charge in [-0.05, 0) is 40.5 Å².